The third-order valence-electron chi connectivity index (χ3n) is 1.91. The van der Waals surface area contributed by atoms with E-state index in [0.717, 1.165) is 12.1 Å². The molecule has 0 aliphatic heterocycles. The van der Waals surface area contributed by atoms with Gasteiger partial charge in [-0.05, 0) is 6.07 Å². The molecule has 0 radical (unpaired) electrons. The van der Waals surface area contributed by atoms with Crippen molar-refractivity contribution in [2.45, 2.75) is 0 Å². The van der Waals surface area contributed by atoms with E-state index in [1.807, 2.05) is 0 Å². The number of carbonyl (C=O) groups is 1. The van der Waals surface area contributed by atoms with Gasteiger partial charge in [0.25, 0.3) is 5.69 Å². The van der Waals surface area contributed by atoms with Gasteiger partial charge in [0.05, 0.1) is 27.6 Å². The molecule has 1 aromatic rings. The van der Waals surface area contributed by atoms with E-state index in [0.29, 0.717) is 0 Å². The second-order valence-corrected chi connectivity index (χ2v) is 3.15. The number of anilines is 1. The lowest BCUT2D eigenvalue weighted by Crippen LogP contribution is -2.07. The largest absolute Gasteiger partial charge is 0.398 e. The average Bonchev–Trinajstić information content (AvgIpc) is 2.27. The lowest BCUT2D eigenvalue weighted by Gasteiger charge is -2.03. The Balaban J connectivity index is 3.49. The van der Waals surface area contributed by atoms with Crippen LogP contribution >= 0.6 is 11.6 Å². The molecule has 0 aliphatic carbocycles. The zero-order chi connectivity index (χ0) is 12.3. The molecule has 6 nitrogen and oxygen atoms in total. The molecule has 1 aromatic carbocycles. The Morgan fingerprint density at radius 3 is 2.69 bits per heavy atom. The van der Waals surface area contributed by atoms with E-state index < -0.39 is 16.4 Å². The minimum absolute atomic E-state index is 0.0153. The molecule has 0 atom stereocenters. The van der Waals surface area contributed by atoms with Crippen LogP contribution in [0.15, 0.2) is 12.1 Å². The van der Waals surface area contributed by atoms with Gasteiger partial charge in [0, 0.05) is 6.07 Å². The number of nitriles is 1. The summed E-state index contributed by atoms with van der Waals surface area (Å²) in [6.07, 6.45) is 0. The van der Waals surface area contributed by atoms with E-state index in [1.165, 1.54) is 0 Å². The molecular weight excluding hydrogens is 234 g/mol. The highest BCUT2D eigenvalue weighted by Crippen LogP contribution is 2.25. The molecule has 0 saturated carbocycles. The summed E-state index contributed by atoms with van der Waals surface area (Å²) in [6, 6.07) is 3.77. The Bertz CT molecular complexity index is 507. The predicted octanol–water partition coefficient (Wildman–Crippen LogP) is 1.47. The first-order valence-corrected chi connectivity index (χ1v) is 4.62. The quantitative estimate of drug-likeness (QED) is 0.282. The van der Waals surface area contributed by atoms with E-state index >= 15 is 0 Å². The Labute approximate surface area is 95.4 Å². The SMILES string of the molecule is N#Cc1cc([N+](=O)[O-])c(C(=O)CCl)cc1N. The number of nitrogen functional groups attached to an aromatic ring is 1. The molecule has 2 N–H and O–H groups in total. The first kappa shape index (κ1) is 11.9. The van der Waals surface area contributed by atoms with Crippen LogP contribution in [0.3, 0.4) is 0 Å². The highest BCUT2D eigenvalue weighted by atomic mass is 35.5. The number of Topliss-reactive ketones (excluding diaryl/α,β-unsaturated/α-hetero) is 1. The lowest BCUT2D eigenvalue weighted by atomic mass is 10.0. The maximum Gasteiger partial charge on any atom is 0.281 e. The summed E-state index contributed by atoms with van der Waals surface area (Å²) in [5, 5.41) is 19.3. The van der Waals surface area contributed by atoms with Gasteiger partial charge in [-0.1, -0.05) is 0 Å². The maximum absolute atomic E-state index is 11.3. The summed E-state index contributed by atoms with van der Waals surface area (Å²) >= 11 is 5.31. The number of halogens is 1. The molecular formula is C9H6ClN3O3. The number of hydrogen-bond acceptors (Lipinski definition) is 5. The molecule has 0 aliphatic rings. The highest BCUT2D eigenvalue weighted by Gasteiger charge is 2.21. The Hall–Kier alpha value is -2.13. The standard InChI is InChI=1S/C9H6ClN3O3/c10-3-9(14)6-2-7(12)5(4-11)1-8(6)13(15)16/h1-2H,3,12H2. The number of nitrogens with two attached hydrogens (primary N) is 1. The maximum atomic E-state index is 11.3. The fraction of sp³-hybridized carbons (Fsp3) is 0.111. The van der Waals surface area contributed by atoms with Crippen molar-refractivity contribution in [1.29, 1.82) is 5.26 Å². The number of nitro groups is 1. The fourth-order valence-electron chi connectivity index (χ4n) is 1.15. The van der Waals surface area contributed by atoms with Crippen molar-refractivity contribution in [3.63, 3.8) is 0 Å². The minimum atomic E-state index is -0.750. The van der Waals surface area contributed by atoms with Crippen LogP contribution in [-0.4, -0.2) is 16.6 Å². The summed E-state index contributed by atoms with van der Waals surface area (Å²) in [7, 11) is 0. The van der Waals surface area contributed by atoms with Crippen LogP contribution in [-0.2, 0) is 0 Å². The van der Waals surface area contributed by atoms with Crippen molar-refractivity contribution in [3.05, 3.63) is 33.4 Å². The summed E-state index contributed by atoms with van der Waals surface area (Å²) in [4.78, 5) is 21.2. The van der Waals surface area contributed by atoms with Crippen LogP contribution in [0.4, 0.5) is 11.4 Å². The summed E-state index contributed by atoms with van der Waals surface area (Å²) in [5.74, 6) is -0.990. The van der Waals surface area contributed by atoms with Crippen LogP contribution in [0.1, 0.15) is 15.9 Å². The second-order valence-electron chi connectivity index (χ2n) is 2.88. The van der Waals surface area contributed by atoms with Crippen molar-refractivity contribution < 1.29 is 9.72 Å². The number of alkyl halides is 1. The number of hydrogen-bond donors (Lipinski definition) is 1. The second kappa shape index (κ2) is 4.59. The van der Waals surface area contributed by atoms with Crippen LogP contribution in [0, 0.1) is 21.4 Å². The number of ketones is 1. The first-order chi connectivity index (χ1) is 7.51. The fourth-order valence-corrected chi connectivity index (χ4v) is 1.29. The number of rotatable bonds is 3. The summed E-state index contributed by atoms with van der Waals surface area (Å²) in [6.45, 7) is 0. The van der Waals surface area contributed by atoms with Gasteiger partial charge in [0.15, 0.2) is 5.78 Å². The van der Waals surface area contributed by atoms with Gasteiger partial charge in [-0.25, -0.2) is 0 Å². The molecule has 0 aromatic heterocycles. The number of nitro benzene ring substituents is 1. The number of nitrogens with zero attached hydrogens (tertiary/aromatic N) is 2. The van der Waals surface area contributed by atoms with Crippen molar-refractivity contribution >= 4 is 28.8 Å². The molecule has 7 heteroatoms. The number of benzene rings is 1. The molecule has 0 amide bonds. The molecule has 0 fully saturated rings. The van der Waals surface area contributed by atoms with Crippen molar-refractivity contribution in [2.24, 2.45) is 0 Å². The Morgan fingerprint density at radius 1 is 1.62 bits per heavy atom. The van der Waals surface area contributed by atoms with E-state index in [4.69, 9.17) is 22.6 Å². The van der Waals surface area contributed by atoms with E-state index in [9.17, 15) is 14.9 Å². The first-order valence-electron chi connectivity index (χ1n) is 4.08. The van der Waals surface area contributed by atoms with Gasteiger partial charge in [0.2, 0.25) is 0 Å². The van der Waals surface area contributed by atoms with Crippen molar-refractivity contribution in [2.75, 3.05) is 11.6 Å². The van der Waals surface area contributed by atoms with Crippen molar-refractivity contribution in [1.82, 2.24) is 0 Å². The van der Waals surface area contributed by atoms with Gasteiger partial charge >= 0.3 is 0 Å². The summed E-state index contributed by atoms with van der Waals surface area (Å²) in [5.41, 5.74) is 4.78. The monoisotopic (exact) mass is 239 g/mol. The molecule has 0 heterocycles. The van der Waals surface area contributed by atoms with Crippen LogP contribution in [0.2, 0.25) is 0 Å². The summed E-state index contributed by atoms with van der Waals surface area (Å²) < 4.78 is 0. The van der Waals surface area contributed by atoms with Gasteiger partial charge in [0.1, 0.15) is 6.07 Å². The van der Waals surface area contributed by atoms with Gasteiger partial charge in [-0.15, -0.1) is 11.6 Å². The molecule has 0 bridgehead atoms. The molecule has 82 valence electrons. The van der Waals surface area contributed by atoms with Gasteiger partial charge in [-0.3, -0.25) is 14.9 Å². The minimum Gasteiger partial charge on any atom is -0.398 e. The molecule has 1 rings (SSSR count). The Morgan fingerprint density at radius 2 is 2.25 bits per heavy atom. The Kier molecular flexibility index (Phi) is 3.43. The average molecular weight is 240 g/mol. The lowest BCUT2D eigenvalue weighted by molar-refractivity contribution is -0.385. The zero-order valence-corrected chi connectivity index (χ0v) is 8.69. The van der Waals surface area contributed by atoms with E-state index in [2.05, 4.69) is 0 Å². The van der Waals surface area contributed by atoms with E-state index in [1.54, 1.807) is 6.07 Å². The third kappa shape index (κ3) is 2.10. The third-order valence-corrected chi connectivity index (χ3v) is 2.15. The van der Waals surface area contributed by atoms with Gasteiger partial charge < -0.3 is 5.73 Å². The van der Waals surface area contributed by atoms with Crippen molar-refractivity contribution in [3.8, 4) is 6.07 Å². The highest BCUT2D eigenvalue weighted by molar-refractivity contribution is 6.31. The van der Waals surface area contributed by atoms with Crippen LogP contribution in [0.5, 0.6) is 0 Å². The van der Waals surface area contributed by atoms with Crippen LogP contribution in [0.25, 0.3) is 0 Å². The topological polar surface area (TPSA) is 110 Å². The zero-order valence-electron chi connectivity index (χ0n) is 7.94. The number of carbonyl (C=O) groups excluding carboxylic acids is 1. The normalized spacial score (nSPS) is 9.50. The molecule has 0 spiro atoms. The van der Waals surface area contributed by atoms with Gasteiger partial charge in [-0.2, -0.15) is 5.26 Å². The molecule has 0 unspecified atom stereocenters. The van der Waals surface area contributed by atoms with E-state index in [-0.39, 0.29) is 22.7 Å². The molecule has 16 heavy (non-hydrogen) atoms. The smallest absolute Gasteiger partial charge is 0.281 e. The van der Waals surface area contributed by atoms with Crippen LogP contribution < -0.4 is 5.73 Å². The predicted molar refractivity (Wildman–Crippen MR) is 57.3 cm³/mol. The molecule has 0 saturated heterocycles.